The van der Waals surface area contributed by atoms with Gasteiger partial charge in [-0.25, -0.2) is 14.5 Å². The predicted molar refractivity (Wildman–Crippen MR) is 103 cm³/mol. The summed E-state index contributed by atoms with van der Waals surface area (Å²) in [6, 6.07) is 16.4. The molecule has 0 aliphatic rings. The predicted octanol–water partition coefficient (Wildman–Crippen LogP) is 3.39. The van der Waals surface area contributed by atoms with Crippen LogP contribution in [0, 0.1) is 11.3 Å². The Balaban J connectivity index is 1.92. The number of nitrogen functional groups attached to an aromatic ring is 1. The molecular formula is C19H13N5O2S. The average molecular weight is 375 g/mol. The molecule has 0 atom stereocenters. The van der Waals surface area contributed by atoms with Crippen LogP contribution in [-0.2, 0) is 4.74 Å². The average Bonchev–Trinajstić information content (AvgIpc) is 3.28. The number of ether oxygens (including phenoxy) is 1. The van der Waals surface area contributed by atoms with Crippen LogP contribution < -0.4 is 5.73 Å². The van der Waals surface area contributed by atoms with Gasteiger partial charge in [0.1, 0.15) is 10.7 Å². The summed E-state index contributed by atoms with van der Waals surface area (Å²) in [7, 11) is 1.29. The van der Waals surface area contributed by atoms with Crippen LogP contribution in [0.15, 0.2) is 48.5 Å². The summed E-state index contributed by atoms with van der Waals surface area (Å²) < 4.78 is 7.30. The molecule has 0 saturated carbocycles. The van der Waals surface area contributed by atoms with Crippen molar-refractivity contribution >= 4 is 33.2 Å². The quantitative estimate of drug-likeness (QED) is 0.550. The molecule has 2 aromatic carbocycles. The molecule has 7 nitrogen and oxygen atoms in total. The summed E-state index contributed by atoms with van der Waals surface area (Å²) in [6.07, 6.45) is 0. The highest BCUT2D eigenvalue weighted by Gasteiger charge is 2.26. The molecule has 0 bridgehead atoms. The first kappa shape index (κ1) is 16.8. The first-order valence-corrected chi connectivity index (χ1v) is 8.77. The summed E-state index contributed by atoms with van der Waals surface area (Å²) in [4.78, 5) is 16.9. The fourth-order valence-electron chi connectivity index (χ4n) is 2.72. The highest BCUT2D eigenvalue weighted by Crippen LogP contribution is 2.35. The number of nitriles is 1. The van der Waals surface area contributed by atoms with E-state index in [9.17, 15) is 4.79 Å². The first-order valence-electron chi connectivity index (χ1n) is 7.95. The molecule has 4 rings (SSSR count). The fourth-order valence-corrected chi connectivity index (χ4v) is 3.68. The van der Waals surface area contributed by atoms with Gasteiger partial charge in [-0.3, -0.25) is 0 Å². The molecule has 2 heterocycles. The maximum Gasteiger partial charge on any atom is 0.358 e. The van der Waals surface area contributed by atoms with Crippen molar-refractivity contribution in [2.75, 3.05) is 12.8 Å². The zero-order chi connectivity index (χ0) is 19.0. The van der Waals surface area contributed by atoms with E-state index in [2.05, 4.69) is 16.2 Å². The second-order valence-electron chi connectivity index (χ2n) is 5.66. The molecule has 27 heavy (non-hydrogen) atoms. The lowest BCUT2D eigenvalue weighted by Crippen LogP contribution is -2.12. The number of hydrogen-bond acceptors (Lipinski definition) is 7. The Morgan fingerprint density at radius 2 is 1.96 bits per heavy atom. The molecular weight excluding hydrogens is 362 g/mol. The third-order valence-electron chi connectivity index (χ3n) is 4.04. The molecule has 0 amide bonds. The molecule has 2 N–H and O–H groups in total. The summed E-state index contributed by atoms with van der Waals surface area (Å²) in [6.45, 7) is 0. The number of benzene rings is 2. The Morgan fingerprint density at radius 3 is 2.63 bits per heavy atom. The van der Waals surface area contributed by atoms with Crippen molar-refractivity contribution in [2.45, 2.75) is 0 Å². The molecule has 0 spiro atoms. The number of esters is 1. The number of methoxy groups -OCH3 is 1. The van der Waals surface area contributed by atoms with Gasteiger partial charge >= 0.3 is 5.97 Å². The molecule has 0 unspecified atom stereocenters. The molecule has 8 heteroatoms. The molecule has 132 valence electrons. The number of aromatic nitrogens is 3. The number of hydrogen-bond donors (Lipinski definition) is 1. The van der Waals surface area contributed by atoms with Crippen LogP contribution in [-0.4, -0.2) is 27.8 Å². The zero-order valence-electron chi connectivity index (χ0n) is 14.2. The second kappa shape index (κ2) is 6.55. The van der Waals surface area contributed by atoms with Crippen molar-refractivity contribution < 1.29 is 9.53 Å². The van der Waals surface area contributed by atoms with E-state index in [1.807, 2.05) is 24.3 Å². The lowest BCUT2D eigenvalue weighted by molar-refractivity contribution is 0.0591. The minimum absolute atomic E-state index is 0.122. The number of fused-ring (bicyclic) bond motifs is 1. The van der Waals surface area contributed by atoms with Crippen molar-refractivity contribution in [3.63, 3.8) is 0 Å². The van der Waals surface area contributed by atoms with E-state index in [0.717, 1.165) is 10.2 Å². The number of nitrogens with two attached hydrogens (primary N) is 1. The Hall–Kier alpha value is -3.70. The van der Waals surface area contributed by atoms with Crippen LogP contribution in [0.5, 0.6) is 0 Å². The van der Waals surface area contributed by atoms with Gasteiger partial charge in [0.25, 0.3) is 0 Å². The van der Waals surface area contributed by atoms with Gasteiger partial charge in [0.2, 0.25) is 0 Å². The van der Waals surface area contributed by atoms with Gasteiger partial charge in [-0.05, 0) is 36.4 Å². The first-order chi connectivity index (χ1) is 13.1. The van der Waals surface area contributed by atoms with Crippen LogP contribution >= 0.6 is 11.3 Å². The minimum Gasteiger partial charge on any atom is -0.464 e. The Kier molecular flexibility index (Phi) is 4.06. The smallest absolute Gasteiger partial charge is 0.358 e. The topological polar surface area (TPSA) is 107 Å². The SMILES string of the molecule is COC(=O)c1c(N)c(-c2nc3ccccc3s2)nn1-c1ccc(C#N)cc1. The number of nitrogens with zero attached hydrogens (tertiary/aromatic N) is 4. The molecule has 4 aromatic rings. The number of anilines is 1. The molecule has 0 fully saturated rings. The normalized spacial score (nSPS) is 10.7. The minimum atomic E-state index is -0.600. The summed E-state index contributed by atoms with van der Waals surface area (Å²) in [5, 5.41) is 14.1. The van der Waals surface area contributed by atoms with E-state index >= 15 is 0 Å². The van der Waals surface area contributed by atoms with E-state index < -0.39 is 5.97 Å². The third-order valence-corrected chi connectivity index (χ3v) is 5.08. The molecule has 2 aromatic heterocycles. The zero-order valence-corrected chi connectivity index (χ0v) is 15.0. The van der Waals surface area contributed by atoms with Crippen LogP contribution in [0.1, 0.15) is 16.1 Å². The Morgan fingerprint density at radius 1 is 1.22 bits per heavy atom. The Bertz CT molecular complexity index is 1170. The van der Waals surface area contributed by atoms with Gasteiger partial charge in [0.05, 0.1) is 40.3 Å². The maximum atomic E-state index is 12.3. The number of thiazole rings is 1. The fraction of sp³-hybridized carbons (Fsp3) is 0.0526. The number of rotatable bonds is 3. The van der Waals surface area contributed by atoms with Crippen molar-refractivity contribution in [1.29, 1.82) is 5.26 Å². The summed E-state index contributed by atoms with van der Waals surface area (Å²) >= 11 is 1.45. The summed E-state index contributed by atoms with van der Waals surface area (Å²) in [5.41, 5.74) is 8.93. The molecule has 0 radical (unpaired) electrons. The van der Waals surface area contributed by atoms with Crippen molar-refractivity contribution in [2.24, 2.45) is 0 Å². The van der Waals surface area contributed by atoms with E-state index in [1.165, 1.54) is 23.1 Å². The number of para-hydroxylation sites is 1. The van der Waals surface area contributed by atoms with Gasteiger partial charge in [0.15, 0.2) is 5.69 Å². The lowest BCUT2D eigenvalue weighted by Gasteiger charge is -2.06. The van der Waals surface area contributed by atoms with Crippen LogP contribution in [0.3, 0.4) is 0 Å². The molecule has 0 aliphatic carbocycles. The molecule has 0 aliphatic heterocycles. The van der Waals surface area contributed by atoms with Crippen LogP contribution in [0.4, 0.5) is 5.69 Å². The molecule has 0 saturated heterocycles. The lowest BCUT2D eigenvalue weighted by atomic mass is 10.2. The van der Waals surface area contributed by atoms with Gasteiger partial charge in [-0.15, -0.1) is 11.3 Å². The standard InChI is InChI=1S/C19H13N5O2S/c1-26-19(25)17-15(21)16(18-22-13-4-2-3-5-14(13)27-18)23-24(17)12-8-6-11(10-20)7-9-12/h2-9H,21H2,1H3. The van der Waals surface area contributed by atoms with Crippen molar-refractivity contribution in [3.8, 4) is 22.5 Å². The van der Waals surface area contributed by atoms with Gasteiger partial charge < -0.3 is 10.5 Å². The van der Waals surface area contributed by atoms with Crippen molar-refractivity contribution in [3.05, 3.63) is 59.8 Å². The van der Waals surface area contributed by atoms with E-state index in [1.54, 1.807) is 24.3 Å². The van der Waals surface area contributed by atoms with Crippen LogP contribution in [0.25, 0.3) is 26.6 Å². The number of carbonyl (C=O) groups excluding carboxylic acids is 1. The monoisotopic (exact) mass is 375 g/mol. The largest absolute Gasteiger partial charge is 0.464 e. The van der Waals surface area contributed by atoms with Crippen molar-refractivity contribution in [1.82, 2.24) is 14.8 Å². The van der Waals surface area contributed by atoms with E-state index in [4.69, 9.17) is 15.7 Å². The van der Waals surface area contributed by atoms with E-state index in [0.29, 0.717) is 22.0 Å². The Labute approximate surface area is 158 Å². The maximum absolute atomic E-state index is 12.3. The van der Waals surface area contributed by atoms with Gasteiger partial charge in [0, 0.05) is 0 Å². The van der Waals surface area contributed by atoms with Gasteiger partial charge in [-0.2, -0.15) is 10.4 Å². The second-order valence-corrected chi connectivity index (χ2v) is 6.69. The highest BCUT2D eigenvalue weighted by atomic mass is 32.1. The third kappa shape index (κ3) is 2.80. The van der Waals surface area contributed by atoms with Gasteiger partial charge in [-0.1, -0.05) is 12.1 Å². The summed E-state index contributed by atoms with van der Waals surface area (Å²) in [5.74, 6) is -0.600. The highest BCUT2D eigenvalue weighted by molar-refractivity contribution is 7.21. The number of carbonyl (C=O) groups is 1. The van der Waals surface area contributed by atoms with E-state index in [-0.39, 0.29) is 11.4 Å². The van der Waals surface area contributed by atoms with Crippen LogP contribution in [0.2, 0.25) is 0 Å².